The average molecular weight is 471 g/mol. The third-order valence-electron chi connectivity index (χ3n) is 5.20. The first-order valence-corrected chi connectivity index (χ1v) is 9.92. The van der Waals surface area contributed by atoms with Crippen molar-refractivity contribution in [3.8, 4) is 16.9 Å². The molecule has 0 atom stereocenters. The maximum Gasteiger partial charge on any atom is 0.416 e. The van der Waals surface area contributed by atoms with Gasteiger partial charge in [-0.3, -0.25) is 13.9 Å². The predicted molar refractivity (Wildman–Crippen MR) is 113 cm³/mol. The molecule has 10 heteroatoms. The molecule has 0 radical (unpaired) electrons. The Bertz CT molecular complexity index is 1300. The van der Waals surface area contributed by atoms with Crippen LogP contribution >= 0.6 is 11.6 Å². The van der Waals surface area contributed by atoms with Crippen LogP contribution in [0.3, 0.4) is 0 Å². The molecule has 0 saturated heterocycles. The zero-order valence-electron chi connectivity index (χ0n) is 17.4. The molecule has 1 aromatic heterocycles. The zero-order valence-corrected chi connectivity index (χ0v) is 18.1. The van der Waals surface area contributed by atoms with Crippen LogP contribution in [0.15, 0.2) is 46.0 Å². The van der Waals surface area contributed by atoms with Crippen LogP contribution in [-0.2, 0) is 19.3 Å². The Morgan fingerprint density at radius 1 is 1.06 bits per heavy atom. The van der Waals surface area contributed by atoms with Crippen LogP contribution in [0.5, 0.6) is 5.75 Å². The molecule has 0 amide bonds. The second-order valence-electron chi connectivity index (χ2n) is 6.96. The Morgan fingerprint density at radius 2 is 1.72 bits per heavy atom. The van der Waals surface area contributed by atoms with E-state index in [1.54, 1.807) is 19.1 Å². The van der Waals surface area contributed by atoms with E-state index in [1.807, 2.05) is 0 Å². The Balaban J connectivity index is 2.35. The van der Waals surface area contributed by atoms with E-state index in [9.17, 15) is 27.2 Å². The van der Waals surface area contributed by atoms with E-state index in [4.69, 9.17) is 16.3 Å². The Labute approximate surface area is 185 Å². The number of benzene rings is 2. The standard InChI is InChI=1S/C22H19ClF4N2O3/c1-4-28-20(30)18(13-7-5-10-17(32-3)19(13)23)12(2)29(21(28)31)11-14-15(22(25,26)27)8-6-9-16(14)24/h5-10H,4,11H2,1-3H3. The van der Waals surface area contributed by atoms with Crippen molar-refractivity contribution in [1.29, 1.82) is 0 Å². The second-order valence-corrected chi connectivity index (χ2v) is 7.34. The van der Waals surface area contributed by atoms with Crippen molar-refractivity contribution < 1.29 is 22.3 Å². The number of hydrogen-bond donors (Lipinski definition) is 0. The van der Waals surface area contributed by atoms with E-state index in [-0.39, 0.29) is 34.1 Å². The summed E-state index contributed by atoms with van der Waals surface area (Å²) in [7, 11) is 1.39. The van der Waals surface area contributed by atoms with Gasteiger partial charge in [0.05, 0.1) is 29.8 Å². The molecule has 1 heterocycles. The minimum Gasteiger partial charge on any atom is -0.495 e. The minimum absolute atomic E-state index is 0.0141. The van der Waals surface area contributed by atoms with E-state index in [2.05, 4.69) is 0 Å². The molecule has 32 heavy (non-hydrogen) atoms. The van der Waals surface area contributed by atoms with Gasteiger partial charge in [-0.05, 0) is 32.0 Å². The predicted octanol–water partition coefficient (Wildman–Crippen LogP) is 4.87. The molecule has 3 rings (SSSR count). The number of ether oxygens (including phenoxy) is 1. The maximum atomic E-state index is 14.5. The Hall–Kier alpha value is -3.07. The van der Waals surface area contributed by atoms with Crippen LogP contribution in [0.4, 0.5) is 17.6 Å². The lowest BCUT2D eigenvalue weighted by Gasteiger charge is -2.20. The first-order valence-electron chi connectivity index (χ1n) is 9.54. The van der Waals surface area contributed by atoms with Crippen LogP contribution in [-0.4, -0.2) is 16.2 Å². The first-order chi connectivity index (χ1) is 15.0. The van der Waals surface area contributed by atoms with E-state index in [0.717, 1.165) is 27.3 Å². The van der Waals surface area contributed by atoms with Gasteiger partial charge >= 0.3 is 11.9 Å². The molecule has 0 aliphatic heterocycles. The Kier molecular flexibility index (Phi) is 6.50. The number of rotatable bonds is 5. The van der Waals surface area contributed by atoms with Gasteiger partial charge in [-0.1, -0.05) is 29.8 Å². The third kappa shape index (κ3) is 4.04. The van der Waals surface area contributed by atoms with E-state index >= 15 is 0 Å². The van der Waals surface area contributed by atoms with Crippen molar-refractivity contribution in [2.24, 2.45) is 0 Å². The summed E-state index contributed by atoms with van der Waals surface area (Å²) in [6.45, 7) is 2.18. The third-order valence-corrected chi connectivity index (χ3v) is 5.59. The van der Waals surface area contributed by atoms with E-state index < -0.39 is 40.9 Å². The normalized spacial score (nSPS) is 11.6. The summed E-state index contributed by atoms with van der Waals surface area (Å²) < 4.78 is 61.9. The van der Waals surface area contributed by atoms with Gasteiger partial charge in [0, 0.05) is 23.4 Å². The summed E-state index contributed by atoms with van der Waals surface area (Å²) >= 11 is 6.38. The fourth-order valence-electron chi connectivity index (χ4n) is 3.58. The van der Waals surface area contributed by atoms with Gasteiger partial charge in [-0.25, -0.2) is 9.18 Å². The molecule has 3 aromatic rings. The molecule has 0 unspecified atom stereocenters. The van der Waals surface area contributed by atoms with E-state index in [1.165, 1.54) is 20.1 Å². The van der Waals surface area contributed by atoms with Crippen molar-refractivity contribution in [2.75, 3.05) is 7.11 Å². The molecule has 0 bridgehead atoms. The van der Waals surface area contributed by atoms with Crippen LogP contribution in [0.1, 0.15) is 23.7 Å². The number of alkyl halides is 3. The molecule has 0 N–H and O–H groups in total. The fourth-order valence-corrected chi connectivity index (χ4v) is 3.88. The van der Waals surface area contributed by atoms with Crippen molar-refractivity contribution in [3.63, 3.8) is 0 Å². The molecule has 0 saturated carbocycles. The highest BCUT2D eigenvalue weighted by Gasteiger charge is 2.35. The highest BCUT2D eigenvalue weighted by molar-refractivity contribution is 6.34. The van der Waals surface area contributed by atoms with Gasteiger partial charge < -0.3 is 4.74 Å². The fraction of sp³-hybridized carbons (Fsp3) is 0.273. The Morgan fingerprint density at radius 3 is 2.31 bits per heavy atom. The lowest BCUT2D eigenvalue weighted by atomic mass is 10.0. The first kappa shape index (κ1) is 23.6. The van der Waals surface area contributed by atoms with E-state index in [0.29, 0.717) is 0 Å². The molecule has 5 nitrogen and oxygen atoms in total. The lowest BCUT2D eigenvalue weighted by molar-refractivity contribution is -0.138. The summed E-state index contributed by atoms with van der Waals surface area (Å²) in [5.41, 5.74) is -3.10. The molecule has 0 spiro atoms. The molecule has 0 fully saturated rings. The number of nitrogens with zero attached hydrogens (tertiary/aromatic N) is 2. The lowest BCUT2D eigenvalue weighted by Crippen LogP contribution is -2.42. The minimum atomic E-state index is -4.83. The highest BCUT2D eigenvalue weighted by Crippen LogP contribution is 2.36. The summed E-state index contributed by atoms with van der Waals surface area (Å²) in [5.74, 6) is -0.835. The molecule has 170 valence electrons. The van der Waals surface area contributed by atoms with Crippen LogP contribution in [0.25, 0.3) is 11.1 Å². The van der Waals surface area contributed by atoms with Crippen LogP contribution < -0.4 is 16.0 Å². The van der Waals surface area contributed by atoms with Crippen molar-refractivity contribution in [2.45, 2.75) is 33.1 Å². The maximum absolute atomic E-state index is 14.5. The second kappa shape index (κ2) is 8.82. The molecular weight excluding hydrogens is 452 g/mol. The van der Waals surface area contributed by atoms with Gasteiger partial charge in [0.1, 0.15) is 11.6 Å². The number of halogens is 5. The van der Waals surface area contributed by atoms with Crippen molar-refractivity contribution >= 4 is 11.6 Å². The van der Waals surface area contributed by atoms with Gasteiger partial charge in [-0.2, -0.15) is 13.2 Å². The monoisotopic (exact) mass is 470 g/mol. The quantitative estimate of drug-likeness (QED) is 0.500. The van der Waals surface area contributed by atoms with Crippen molar-refractivity contribution in [3.05, 3.63) is 84.9 Å². The molecule has 0 aliphatic carbocycles. The number of methoxy groups -OCH3 is 1. The molecule has 0 aliphatic rings. The van der Waals surface area contributed by atoms with Gasteiger partial charge in [0.2, 0.25) is 0 Å². The smallest absolute Gasteiger partial charge is 0.416 e. The van der Waals surface area contributed by atoms with Gasteiger partial charge in [-0.15, -0.1) is 0 Å². The summed E-state index contributed by atoms with van der Waals surface area (Å²) in [6.07, 6.45) is -4.83. The summed E-state index contributed by atoms with van der Waals surface area (Å²) in [5, 5.41) is 0.102. The largest absolute Gasteiger partial charge is 0.495 e. The highest BCUT2D eigenvalue weighted by atomic mass is 35.5. The van der Waals surface area contributed by atoms with Gasteiger partial charge in [0.25, 0.3) is 5.56 Å². The topological polar surface area (TPSA) is 53.2 Å². The van der Waals surface area contributed by atoms with Crippen molar-refractivity contribution in [1.82, 2.24) is 9.13 Å². The molecule has 2 aromatic carbocycles. The number of hydrogen-bond acceptors (Lipinski definition) is 3. The average Bonchev–Trinajstić information content (AvgIpc) is 2.73. The van der Waals surface area contributed by atoms with Gasteiger partial charge in [0.15, 0.2) is 0 Å². The van der Waals surface area contributed by atoms with Crippen LogP contribution in [0.2, 0.25) is 5.02 Å². The summed E-state index contributed by atoms with van der Waals surface area (Å²) in [4.78, 5) is 26.1. The summed E-state index contributed by atoms with van der Waals surface area (Å²) in [6, 6.07) is 7.28. The SMILES string of the molecule is CCn1c(=O)c(-c2cccc(OC)c2Cl)c(C)n(Cc2c(F)cccc2C(F)(F)F)c1=O. The molecular formula is C22H19ClF4N2O3. The zero-order chi connectivity index (χ0) is 23.8. The number of aromatic nitrogens is 2. The van der Waals surface area contributed by atoms with Crippen LogP contribution in [0, 0.1) is 12.7 Å².